The van der Waals surface area contributed by atoms with Gasteiger partial charge in [-0.05, 0) is 22.9 Å². The smallest absolute Gasteiger partial charge is 0.374 e. The van der Waals surface area contributed by atoms with E-state index in [-0.39, 0.29) is 28.5 Å². The number of carbonyl (C=O) groups is 1. The van der Waals surface area contributed by atoms with Gasteiger partial charge < -0.3 is 13.9 Å². The maximum absolute atomic E-state index is 11.5. The van der Waals surface area contributed by atoms with Crippen molar-refractivity contribution in [1.29, 1.82) is 0 Å². The Morgan fingerprint density at radius 2 is 2.17 bits per heavy atom. The lowest BCUT2D eigenvalue weighted by Gasteiger charge is -2.02. The topological polar surface area (TPSA) is 109 Å². The lowest BCUT2D eigenvalue weighted by atomic mass is 10.4. The number of nitrogens with two attached hydrogens (primary N) is 1. The summed E-state index contributed by atoms with van der Waals surface area (Å²) in [6.07, 6.45) is 0. The molecule has 0 bridgehead atoms. The summed E-state index contributed by atoms with van der Waals surface area (Å²) in [6, 6.07) is 1.00. The van der Waals surface area contributed by atoms with Crippen LogP contribution in [0.25, 0.3) is 0 Å². The third kappa shape index (κ3) is 4.09. The normalized spacial score (nSPS) is 11.5. The van der Waals surface area contributed by atoms with Crippen LogP contribution in [0.2, 0.25) is 0 Å². The van der Waals surface area contributed by atoms with Crippen LogP contribution in [0.5, 0.6) is 0 Å². The third-order valence-electron chi connectivity index (χ3n) is 1.83. The molecule has 1 rings (SSSR count). The first-order valence-electron chi connectivity index (χ1n) is 4.93. The van der Waals surface area contributed by atoms with Crippen molar-refractivity contribution in [2.75, 3.05) is 19.8 Å². The average Bonchev–Trinajstić information content (AvgIpc) is 2.66. The zero-order valence-corrected chi connectivity index (χ0v) is 11.9. The van der Waals surface area contributed by atoms with Crippen molar-refractivity contribution < 1.29 is 27.1 Å². The fraction of sp³-hybridized carbons (Fsp3) is 0.444. The Morgan fingerprint density at radius 1 is 1.50 bits per heavy atom. The SMILES string of the molecule is CCOCCOC(=O)c1cc(S(N)(=O)=O)c(Br)o1. The molecule has 0 atom stereocenters. The third-order valence-corrected chi connectivity index (χ3v) is 3.60. The van der Waals surface area contributed by atoms with Gasteiger partial charge in [0.2, 0.25) is 15.8 Å². The number of rotatable bonds is 6. The van der Waals surface area contributed by atoms with Crippen molar-refractivity contribution in [3.63, 3.8) is 0 Å². The molecule has 0 fully saturated rings. The van der Waals surface area contributed by atoms with Crippen molar-refractivity contribution in [3.05, 3.63) is 16.5 Å². The van der Waals surface area contributed by atoms with Crippen LogP contribution >= 0.6 is 15.9 Å². The summed E-state index contributed by atoms with van der Waals surface area (Å²) in [6.45, 7) is 2.63. The second-order valence-corrected chi connectivity index (χ2v) is 5.38. The molecular weight excluding hydrogens is 330 g/mol. The maximum Gasteiger partial charge on any atom is 0.374 e. The summed E-state index contributed by atoms with van der Waals surface area (Å²) < 4.78 is 36.7. The molecule has 0 aliphatic heterocycles. The summed E-state index contributed by atoms with van der Waals surface area (Å²) in [5.74, 6) is -1.03. The summed E-state index contributed by atoms with van der Waals surface area (Å²) in [7, 11) is -3.95. The van der Waals surface area contributed by atoms with Gasteiger partial charge in [-0.1, -0.05) is 0 Å². The molecule has 0 saturated carbocycles. The summed E-state index contributed by atoms with van der Waals surface area (Å²) in [5, 5.41) is 4.92. The van der Waals surface area contributed by atoms with Gasteiger partial charge in [0.05, 0.1) is 6.61 Å². The minimum atomic E-state index is -3.95. The molecule has 0 spiro atoms. The molecule has 1 aromatic rings. The van der Waals surface area contributed by atoms with Gasteiger partial charge in [-0.2, -0.15) is 0 Å². The van der Waals surface area contributed by atoms with E-state index in [9.17, 15) is 13.2 Å². The zero-order valence-electron chi connectivity index (χ0n) is 9.51. The molecule has 0 aliphatic carbocycles. The molecule has 0 radical (unpaired) electrons. The summed E-state index contributed by atoms with van der Waals surface area (Å²) in [5.41, 5.74) is 0. The van der Waals surface area contributed by atoms with E-state index in [1.165, 1.54) is 0 Å². The average molecular weight is 342 g/mol. The number of primary sulfonamides is 1. The van der Waals surface area contributed by atoms with Gasteiger partial charge >= 0.3 is 5.97 Å². The molecule has 18 heavy (non-hydrogen) atoms. The summed E-state index contributed by atoms with van der Waals surface area (Å²) >= 11 is 2.86. The van der Waals surface area contributed by atoms with Crippen LogP contribution in [0.4, 0.5) is 0 Å². The largest absolute Gasteiger partial charge is 0.457 e. The van der Waals surface area contributed by atoms with Crippen LogP contribution in [0.1, 0.15) is 17.5 Å². The number of hydrogen-bond acceptors (Lipinski definition) is 6. The second-order valence-electron chi connectivity index (χ2n) is 3.13. The van der Waals surface area contributed by atoms with E-state index in [1.54, 1.807) is 0 Å². The minimum absolute atomic E-state index is 0.0513. The van der Waals surface area contributed by atoms with E-state index >= 15 is 0 Å². The van der Waals surface area contributed by atoms with Gasteiger partial charge in [0.1, 0.15) is 11.5 Å². The molecule has 0 aromatic carbocycles. The van der Waals surface area contributed by atoms with Gasteiger partial charge in [-0.15, -0.1) is 0 Å². The van der Waals surface area contributed by atoms with E-state index in [4.69, 9.17) is 19.0 Å². The Bertz CT molecular complexity index is 523. The van der Waals surface area contributed by atoms with Gasteiger partial charge in [-0.25, -0.2) is 18.4 Å². The van der Waals surface area contributed by atoms with Crippen LogP contribution in [0.15, 0.2) is 20.0 Å². The Labute approximate surface area is 112 Å². The Balaban J connectivity index is 2.71. The molecule has 0 saturated heterocycles. The van der Waals surface area contributed by atoms with Crippen LogP contribution in [0, 0.1) is 0 Å². The van der Waals surface area contributed by atoms with Gasteiger partial charge in [-0.3, -0.25) is 0 Å². The lowest BCUT2D eigenvalue weighted by Crippen LogP contribution is -2.12. The fourth-order valence-electron chi connectivity index (χ4n) is 1.06. The van der Waals surface area contributed by atoms with Crippen LogP contribution < -0.4 is 5.14 Å². The molecule has 1 aromatic heterocycles. The van der Waals surface area contributed by atoms with Crippen LogP contribution in [-0.4, -0.2) is 34.2 Å². The molecule has 1 heterocycles. The first-order chi connectivity index (χ1) is 8.36. The number of carbonyl (C=O) groups excluding carboxylic acids is 1. The van der Waals surface area contributed by atoms with E-state index in [2.05, 4.69) is 15.9 Å². The van der Waals surface area contributed by atoms with Crippen molar-refractivity contribution >= 4 is 31.9 Å². The Kier molecular flexibility index (Phi) is 5.32. The Morgan fingerprint density at radius 3 is 2.67 bits per heavy atom. The molecule has 7 nitrogen and oxygen atoms in total. The predicted octanol–water partition coefficient (Wildman–Crippen LogP) is 0.883. The predicted molar refractivity (Wildman–Crippen MR) is 64.6 cm³/mol. The highest BCUT2D eigenvalue weighted by Gasteiger charge is 2.22. The van der Waals surface area contributed by atoms with E-state index in [1.807, 2.05) is 6.92 Å². The first kappa shape index (κ1) is 15.2. The second kappa shape index (κ2) is 6.32. The molecule has 0 amide bonds. The number of ether oxygens (including phenoxy) is 2. The number of sulfonamides is 1. The molecule has 0 unspecified atom stereocenters. The first-order valence-corrected chi connectivity index (χ1v) is 7.27. The van der Waals surface area contributed by atoms with Gasteiger partial charge in [0, 0.05) is 12.7 Å². The molecular formula is C9H12BrNO6S. The standard InChI is InChI=1S/C9H12BrNO6S/c1-2-15-3-4-16-9(12)6-5-7(8(10)17-6)18(11,13)14/h5H,2-4H2,1H3,(H2,11,13,14). The Hall–Kier alpha value is -0.900. The monoisotopic (exact) mass is 341 g/mol. The maximum atomic E-state index is 11.5. The van der Waals surface area contributed by atoms with Gasteiger partial charge in [0.25, 0.3) is 0 Å². The number of furan rings is 1. The highest BCUT2D eigenvalue weighted by molar-refractivity contribution is 9.10. The number of hydrogen-bond donors (Lipinski definition) is 1. The molecule has 0 aliphatic rings. The fourth-order valence-corrected chi connectivity index (χ4v) is 2.56. The van der Waals surface area contributed by atoms with Crippen LogP contribution in [0.3, 0.4) is 0 Å². The number of esters is 1. The van der Waals surface area contributed by atoms with E-state index in [0.717, 1.165) is 6.07 Å². The zero-order chi connectivity index (χ0) is 13.8. The van der Waals surface area contributed by atoms with Crippen molar-refractivity contribution in [1.82, 2.24) is 0 Å². The lowest BCUT2D eigenvalue weighted by molar-refractivity contribution is 0.0303. The molecule has 9 heteroatoms. The highest BCUT2D eigenvalue weighted by atomic mass is 79.9. The van der Waals surface area contributed by atoms with Crippen molar-refractivity contribution in [2.45, 2.75) is 11.8 Å². The van der Waals surface area contributed by atoms with Crippen LogP contribution in [-0.2, 0) is 19.5 Å². The van der Waals surface area contributed by atoms with Gasteiger partial charge in [0.15, 0.2) is 4.67 Å². The van der Waals surface area contributed by atoms with Crippen molar-refractivity contribution in [3.8, 4) is 0 Å². The van der Waals surface area contributed by atoms with E-state index < -0.39 is 16.0 Å². The molecule has 2 N–H and O–H groups in total. The summed E-state index contributed by atoms with van der Waals surface area (Å²) in [4.78, 5) is 11.2. The van der Waals surface area contributed by atoms with Crippen molar-refractivity contribution in [2.24, 2.45) is 5.14 Å². The quantitative estimate of drug-likeness (QED) is 0.607. The number of halogens is 1. The molecule has 102 valence electrons. The highest BCUT2D eigenvalue weighted by Crippen LogP contribution is 2.25. The van der Waals surface area contributed by atoms with E-state index in [0.29, 0.717) is 6.61 Å². The minimum Gasteiger partial charge on any atom is -0.457 e.